The average Bonchev–Trinajstić information content (AvgIpc) is 3.06. The molecule has 1 saturated heterocycles. The third kappa shape index (κ3) is 3.23. The molecule has 1 aliphatic heterocycles. The molecule has 1 amide bonds. The van der Waals surface area contributed by atoms with Gasteiger partial charge in [-0.05, 0) is 32.1 Å². The maximum Gasteiger partial charge on any atom is 0.311 e. The lowest BCUT2D eigenvalue weighted by Crippen LogP contribution is -2.48. The zero-order valence-corrected chi connectivity index (χ0v) is 13.4. The molecule has 0 bridgehead atoms. The Morgan fingerprint density at radius 1 is 1.24 bits per heavy atom. The van der Waals surface area contributed by atoms with Crippen LogP contribution < -0.4 is 5.32 Å². The van der Waals surface area contributed by atoms with Gasteiger partial charge in [-0.1, -0.05) is 26.7 Å². The molecule has 0 aromatic heterocycles. The molecule has 1 heterocycles. The van der Waals surface area contributed by atoms with Gasteiger partial charge in [0.25, 0.3) is 0 Å². The lowest BCUT2D eigenvalue weighted by molar-refractivity contribution is -0.151. The van der Waals surface area contributed by atoms with Crippen molar-refractivity contribution in [3.8, 4) is 0 Å². The van der Waals surface area contributed by atoms with Gasteiger partial charge in [0.2, 0.25) is 5.91 Å². The first-order chi connectivity index (χ1) is 9.86. The van der Waals surface area contributed by atoms with E-state index in [9.17, 15) is 14.7 Å². The van der Waals surface area contributed by atoms with E-state index in [2.05, 4.69) is 5.32 Å². The second-order valence-corrected chi connectivity index (χ2v) is 7.00. The van der Waals surface area contributed by atoms with E-state index in [0.29, 0.717) is 25.6 Å². The summed E-state index contributed by atoms with van der Waals surface area (Å²) in [4.78, 5) is 26.0. The van der Waals surface area contributed by atoms with Crippen molar-refractivity contribution in [2.45, 2.75) is 65.0 Å². The van der Waals surface area contributed by atoms with Crippen molar-refractivity contribution in [3.63, 3.8) is 0 Å². The number of hydrogen-bond acceptors (Lipinski definition) is 3. The minimum atomic E-state index is -0.733. The van der Waals surface area contributed by atoms with Gasteiger partial charge in [-0.2, -0.15) is 0 Å². The highest BCUT2D eigenvalue weighted by atomic mass is 16.4. The third-order valence-corrected chi connectivity index (χ3v) is 5.49. The Bertz CT molecular complexity index is 404. The summed E-state index contributed by atoms with van der Waals surface area (Å²) in [7, 11) is 0. The van der Waals surface area contributed by atoms with Crippen molar-refractivity contribution in [1.82, 2.24) is 10.2 Å². The number of likely N-dealkylation sites (tertiary alicyclic amines) is 1. The molecular formula is C16H28N2O3. The summed E-state index contributed by atoms with van der Waals surface area (Å²) in [6.45, 7) is 6.97. The Kier molecular flexibility index (Phi) is 4.91. The summed E-state index contributed by atoms with van der Waals surface area (Å²) in [5.74, 6) is -0.611. The highest BCUT2D eigenvalue weighted by molar-refractivity contribution is 5.82. The zero-order chi connectivity index (χ0) is 15.6. The Labute approximate surface area is 127 Å². The van der Waals surface area contributed by atoms with Crippen LogP contribution in [0.3, 0.4) is 0 Å². The van der Waals surface area contributed by atoms with Crippen LogP contribution in [0, 0.1) is 11.3 Å². The molecule has 2 rings (SSSR count). The summed E-state index contributed by atoms with van der Waals surface area (Å²) in [6, 6.07) is 0.0717. The Morgan fingerprint density at radius 2 is 1.86 bits per heavy atom. The van der Waals surface area contributed by atoms with Crippen molar-refractivity contribution < 1.29 is 14.7 Å². The number of hydrogen-bond donors (Lipinski definition) is 2. The standard InChI is InChI=1S/C16H28N2O3/c1-11(2)16(15(20)21)8-9-18(10-16)12(3)14(19)17-13-6-4-5-7-13/h11-13H,4-10H2,1-3H3,(H,17,19)(H,20,21). The van der Waals surface area contributed by atoms with Gasteiger partial charge in [-0.15, -0.1) is 0 Å². The third-order valence-electron chi connectivity index (χ3n) is 5.49. The maximum atomic E-state index is 12.3. The molecule has 2 aliphatic rings. The average molecular weight is 296 g/mol. The first kappa shape index (κ1) is 16.3. The first-order valence-electron chi connectivity index (χ1n) is 8.14. The van der Waals surface area contributed by atoms with E-state index < -0.39 is 11.4 Å². The number of carboxylic acids is 1. The topological polar surface area (TPSA) is 69.6 Å². The Hall–Kier alpha value is -1.10. The number of nitrogens with zero attached hydrogens (tertiary/aromatic N) is 1. The van der Waals surface area contributed by atoms with E-state index in [1.807, 2.05) is 25.7 Å². The van der Waals surface area contributed by atoms with Gasteiger partial charge < -0.3 is 10.4 Å². The molecule has 21 heavy (non-hydrogen) atoms. The predicted octanol–water partition coefficient (Wildman–Crippen LogP) is 1.87. The molecule has 120 valence electrons. The van der Waals surface area contributed by atoms with E-state index >= 15 is 0 Å². The summed E-state index contributed by atoms with van der Waals surface area (Å²) >= 11 is 0. The normalized spacial score (nSPS) is 29.0. The van der Waals surface area contributed by atoms with Gasteiger partial charge in [0.1, 0.15) is 0 Å². The fourth-order valence-electron chi connectivity index (χ4n) is 3.64. The van der Waals surface area contributed by atoms with Crippen LogP contribution >= 0.6 is 0 Å². The summed E-state index contributed by atoms with van der Waals surface area (Å²) in [5, 5.41) is 12.7. The molecule has 5 heteroatoms. The first-order valence-corrected chi connectivity index (χ1v) is 8.14. The number of carboxylic acid groups (broad SMARTS) is 1. The molecule has 2 fully saturated rings. The van der Waals surface area contributed by atoms with E-state index in [4.69, 9.17) is 0 Å². The number of amides is 1. The Balaban J connectivity index is 1.96. The van der Waals surface area contributed by atoms with Crippen LogP contribution in [0.1, 0.15) is 52.9 Å². The van der Waals surface area contributed by atoms with E-state index in [1.165, 1.54) is 12.8 Å². The van der Waals surface area contributed by atoms with Crippen LogP contribution in [0.15, 0.2) is 0 Å². The molecular weight excluding hydrogens is 268 g/mol. The molecule has 5 nitrogen and oxygen atoms in total. The minimum Gasteiger partial charge on any atom is -0.481 e. The number of carbonyl (C=O) groups excluding carboxylic acids is 1. The molecule has 2 N–H and O–H groups in total. The fourth-order valence-corrected chi connectivity index (χ4v) is 3.64. The monoisotopic (exact) mass is 296 g/mol. The Morgan fingerprint density at radius 3 is 2.33 bits per heavy atom. The smallest absolute Gasteiger partial charge is 0.311 e. The van der Waals surface area contributed by atoms with Crippen molar-refractivity contribution in [3.05, 3.63) is 0 Å². The largest absolute Gasteiger partial charge is 0.481 e. The zero-order valence-electron chi connectivity index (χ0n) is 13.4. The molecule has 0 aromatic carbocycles. The van der Waals surface area contributed by atoms with Gasteiger partial charge in [0, 0.05) is 19.1 Å². The molecule has 2 unspecified atom stereocenters. The van der Waals surface area contributed by atoms with Crippen molar-refractivity contribution in [2.24, 2.45) is 11.3 Å². The number of aliphatic carboxylic acids is 1. The van der Waals surface area contributed by atoms with Crippen LogP contribution in [-0.4, -0.2) is 47.1 Å². The summed E-state index contributed by atoms with van der Waals surface area (Å²) < 4.78 is 0. The fraction of sp³-hybridized carbons (Fsp3) is 0.875. The van der Waals surface area contributed by atoms with Crippen LogP contribution in [0.5, 0.6) is 0 Å². The molecule has 2 atom stereocenters. The molecule has 0 radical (unpaired) electrons. The molecule has 0 aromatic rings. The molecule has 0 spiro atoms. The summed E-state index contributed by atoms with van der Waals surface area (Å²) in [6.07, 6.45) is 5.16. The van der Waals surface area contributed by atoms with E-state index in [0.717, 1.165) is 12.8 Å². The van der Waals surface area contributed by atoms with Gasteiger partial charge in [0.15, 0.2) is 0 Å². The van der Waals surface area contributed by atoms with Crippen LogP contribution in [-0.2, 0) is 9.59 Å². The lowest BCUT2D eigenvalue weighted by Gasteiger charge is -2.30. The number of nitrogens with one attached hydrogen (secondary N) is 1. The van der Waals surface area contributed by atoms with Gasteiger partial charge in [0.05, 0.1) is 11.5 Å². The van der Waals surface area contributed by atoms with Gasteiger partial charge in [-0.25, -0.2) is 0 Å². The number of rotatable bonds is 5. The second-order valence-electron chi connectivity index (χ2n) is 7.00. The predicted molar refractivity (Wildman–Crippen MR) is 81.0 cm³/mol. The van der Waals surface area contributed by atoms with E-state index in [-0.39, 0.29) is 17.9 Å². The molecule has 1 aliphatic carbocycles. The van der Waals surface area contributed by atoms with E-state index in [1.54, 1.807) is 0 Å². The van der Waals surface area contributed by atoms with Crippen LogP contribution in [0.2, 0.25) is 0 Å². The SMILES string of the molecule is CC(C(=O)NC1CCCC1)N1CCC(C(=O)O)(C(C)C)C1. The van der Waals surface area contributed by atoms with Crippen molar-refractivity contribution >= 4 is 11.9 Å². The van der Waals surface area contributed by atoms with Gasteiger partial charge in [-0.3, -0.25) is 14.5 Å². The van der Waals surface area contributed by atoms with Crippen LogP contribution in [0.4, 0.5) is 0 Å². The highest BCUT2D eigenvalue weighted by Gasteiger charge is 2.48. The van der Waals surface area contributed by atoms with Crippen molar-refractivity contribution in [2.75, 3.05) is 13.1 Å². The quantitative estimate of drug-likeness (QED) is 0.812. The highest BCUT2D eigenvalue weighted by Crippen LogP contribution is 2.38. The van der Waals surface area contributed by atoms with Crippen LogP contribution in [0.25, 0.3) is 0 Å². The molecule has 1 saturated carbocycles. The van der Waals surface area contributed by atoms with Gasteiger partial charge >= 0.3 is 5.97 Å². The maximum absolute atomic E-state index is 12.3. The number of carbonyl (C=O) groups is 2. The minimum absolute atomic E-state index is 0.0480. The van der Waals surface area contributed by atoms with Crippen molar-refractivity contribution in [1.29, 1.82) is 0 Å². The second kappa shape index (κ2) is 6.34. The summed E-state index contributed by atoms with van der Waals surface area (Å²) in [5.41, 5.74) is -0.706. The lowest BCUT2D eigenvalue weighted by atomic mass is 9.76.